The largest absolute Gasteiger partial charge is 0.493 e. The van der Waals surface area contributed by atoms with Crippen LogP contribution in [-0.2, 0) is 21.2 Å². The Balaban J connectivity index is 1.80. The Hall–Kier alpha value is -4.29. The van der Waals surface area contributed by atoms with Gasteiger partial charge in [0, 0.05) is 30.3 Å². The maximum absolute atomic E-state index is 13.5. The summed E-state index contributed by atoms with van der Waals surface area (Å²) < 4.78 is 38.5. The summed E-state index contributed by atoms with van der Waals surface area (Å²) in [6.45, 7) is -0.474. The molecule has 3 rings (SSSR count). The number of nitro groups is 1. The van der Waals surface area contributed by atoms with E-state index in [0.29, 0.717) is 17.7 Å². The number of hydrogen-bond donors (Lipinski definition) is 1. The first-order valence-electron chi connectivity index (χ1n) is 11.1. The minimum atomic E-state index is -4.11. The second-order valence-corrected chi connectivity index (χ2v) is 9.67. The minimum Gasteiger partial charge on any atom is -0.493 e. The molecule has 0 radical (unpaired) electrons. The lowest BCUT2D eigenvalue weighted by Crippen LogP contribution is -2.40. The van der Waals surface area contributed by atoms with Crippen LogP contribution in [0.15, 0.2) is 82.8 Å². The molecule has 0 bridgehead atoms. The van der Waals surface area contributed by atoms with Gasteiger partial charge in [-0.15, -0.1) is 0 Å². The fourth-order valence-corrected chi connectivity index (χ4v) is 4.81. The van der Waals surface area contributed by atoms with Crippen molar-refractivity contribution in [3.8, 4) is 11.5 Å². The molecule has 0 aliphatic carbocycles. The lowest BCUT2D eigenvalue weighted by Gasteiger charge is -2.22. The smallest absolute Gasteiger partial charge is 0.270 e. The fraction of sp³-hybridized carbons (Fsp3) is 0.200. The molecule has 0 saturated carbocycles. The van der Waals surface area contributed by atoms with Crippen molar-refractivity contribution in [3.63, 3.8) is 0 Å². The van der Waals surface area contributed by atoms with Gasteiger partial charge in [-0.3, -0.25) is 14.9 Å². The van der Waals surface area contributed by atoms with E-state index in [1.165, 1.54) is 56.8 Å². The molecule has 0 saturated heterocycles. The Bertz CT molecular complexity index is 1380. The van der Waals surface area contributed by atoms with Crippen LogP contribution < -0.4 is 14.9 Å². The molecule has 1 amide bonds. The van der Waals surface area contributed by atoms with Crippen LogP contribution in [0, 0.1) is 10.1 Å². The number of non-ortho nitro benzene ring substituents is 1. The molecule has 3 aromatic carbocycles. The highest BCUT2D eigenvalue weighted by Gasteiger charge is 2.27. The average Bonchev–Trinajstić information content (AvgIpc) is 2.91. The van der Waals surface area contributed by atoms with Gasteiger partial charge >= 0.3 is 0 Å². The van der Waals surface area contributed by atoms with Crippen molar-refractivity contribution in [1.29, 1.82) is 0 Å². The van der Waals surface area contributed by atoms with Crippen LogP contribution >= 0.6 is 0 Å². The van der Waals surface area contributed by atoms with Crippen molar-refractivity contribution >= 4 is 27.8 Å². The predicted octanol–water partition coefficient (Wildman–Crippen LogP) is 3.00. The van der Waals surface area contributed by atoms with Crippen LogP contribution in [0.5, 0.6) is 11.5 Å². The van der Waals surface area contributed by atoms with Gasteiger partial charge in [-0.05, 0) is 24.1 Å². The van der Waals surface area contributed by atoms with Gasteiger partial charge < -0.3 is 9.47 Å². The molecule has 0 atom stereocenters. The van der Waals surface area contributed by atoms with Gasteiger partial charge in [0.05, 0.1) is 36.8 Å². The Morgan fingerprint density at radius 2 is 1.76 bits per heavy atom. The standard InChI is InChI=1S/C25H26N4O7S/c1-35-23-12-11-22(16-24(23)36-2)37(33,34)28(14-13-19-7-4-3-5-8-19)18-25(30)27-26-17-20-9-6-10-21(15-20)29(31)32/h3-12,15-17H,13-14,18H2,1-2H3,(H,27,30)/b26-17-. The third kappa shape index (κ3) is 7.35. The molecule has 0 aliphatic heterocycles. The number of hydrogen-bond acceptors (Lipinski definition) is 8. The molecule has 12 heteroatoms. The van der Waals surface area contributed by atoms with Crippen LogP contribution in [0.25, 0.3) is 0 Å². The first-order chi connectivity index (χ1) is 17.7. The maximum atomic E-state index is 13.5. The van der Waals surface area contributed by atoms with Crippen molar-refractivity contribution < 1.29 is 27.6 Å². The summed E-state index contributed by atoms with van der Waals surface area (Å²) in [5, 5.41) is 14.7. The lowest BCUT2D eigenvalue weighted by molar-refractivity contribution is -0.384. The van der Waals surface area contributed by atoms with Gasteiger partial charge in [-0.25, -0.2) is 13.8 Å². The SMILES string of the molecule is COc1ccc(S(=O)(=O)N(CCc2ccccc2)CC(=O)N/N=C\c2cccc([N+](=O)[O-])c2)cc1OC. The normalized spacial score (nSPS) is 11.4. The van der Waals surface area contributed by atoms with E-state index in [0.717, 1.165) is 9.87 Å². The molecular formula is C25H26N4O7S. The number of amides is 1. The topological polar surface area (TPSA) is 140 Å². The number of hydrazone groups is 1. The van der Waals surface area contributed by atoms with Crippen LogP contribution in [-0.4, -0.2) is 57.1 Å². The number of carbonyl (C=O) groups excluding carboxylic acids is 1. The summed E-state index contributed by atoms with van der Waals surface area (Å²) in [6.07, 6.45) is 1.61. The number of nitrogens with zero attached hydrogens (tertiary/aromatic N) is 3. The van der Waals surface area contributed by atoms with Crippen LogP contribution in [0.3, 0.4) is 0 Å². The van der Waals surface area contributed by atoms with Crippen molar-refractivity contribution in [2.24, 2.45) is 5.10 Å². The van der Waals surface area contributed by atoms with E-state index >= 15 is 0 Å². The van der Waals surface area contributed by atoms with Gasteiger partial charge in [0.15, 0.2) is 11.5 Å². The minimum absolute atomic E-state index is 0.0305. The molecule has 194 valence electrons. The zero-order chi connectivity index (χ0) is 26.8. The third-order valence-electron chi connectivity index (χ3n) is 5.29. The van der Waals surface area contributed by atoms with Crippen LogP contribution in [0.2, 0.25) is 0 Å². The predicted molar refractivity (Wildman–Crippen MR) is 137 cm³/mol. The van der Waals surface area contributed by atoms with E-state index in [2.05, 4.69) is 10.5 Å². The Labute approximate surface area is 214 Å². The lowest BCUT2D eigenvalue weighted by atomic mass is 10.1. The number of carbonyl (C=O) groups is 1. The number of ether oxygens (including phenoxy) is 2. The summed E-state index contributed by atoms with van der Waals surface area (Å²) in [6, 6.07) is 19.2. The van der Waals surface area contributed by atoms with Crippen LogP contribution in [0.4, 0.5) is 5.69 Å². The molecule has 0 spiro atoms. The maximum Gasteiger partial charge on any atom is 0.270 e. The number of nitro benzene ring substituents is 1. The monoisotopic (exact) mass is 526 g/mol. The summed E-state index contributed by atoms with van der Waals surface area (Å²) in [4.78, 5) is 23.0. The van der Waals surface area contributed by atoms with E-state index < -0.39 is 27.4 Å². The van der Waals surface area contributed by atoms with Gasteiger partial charge in [0.1, 0.15) is 0 Å². The van der Waals surface area contributed by atoms with Crippen LogP contribution in [0.1, 0.15) is 11.1 Å². The summed E-state index contributed by atoms with van der Waals surface area (Å²) in [5.41, 5.74) is 3.46. The second kappa shape index (κ2) is 12.6. The number of nitrogens with one attached hydrogen (secondary N) is 1. The summed E-state index contributed by atoms with van der Waals surface area (Å²) >= 11 is 0. The Morgan fingerprint density at radius 3 is 2.43 bits per heavy atom. The number of rotatable bonds is 12. The Kier molecular flexibility index (Phi) is 9.30. The van der Waals surface area contributed by atoms with Crippen molar-refractivity contribution in [1.82, 2.24) is 9.73 Å². The van der Waals surface area contributed by atoms with Gasteiger partial charge in [-0.1, -0.05) is 42.5 Å². The molecule has 37 heavy (non-hydrogen) atoms. The highest BCUT2D eigenvalue weighted by Crippen LogP contribution is 2.30. The quantitative estimate of drug-likeness (QED) is 0.217. The molecular weight excluding hydrogens is 500 g/mol. The van der Waals surface area contributed by atoms with E-state index in [9.17, 15) is 23.3 Å². The van der Waals surface area contributed by atoms with E-state index in [4.69, 9.17) is 9.47 Å². The van der Waals surface area contributed by atoms with Gasteiger partial charge in [0.2, 0.25) is 10.0 Å². The number of sulfonamides is 1. The van der Waals surface area contributed by atoms with E-state index in [1.807, 2.05) is 30.3 Å². The highest BCUT2D eigenvalue weighted by atomic mass is 32.2. The fourth-order valence-electron chi connectivity index (χ4n) is 3.40. The molecule has 0 heterocycles. The average molecular weight is 527 g/mol. The van der Waals surface area contributed by atoms with Gasteiger partial charge in [0.25, 0.3) is 11.6 Å². The van der Waals surface area contributed by atoms with E-state index in [-0.39, 0.29) is 22.9 Å². The van der Waals surface area contributed by atoms with E-state index in [1.54, 1.807) is 6.07 Å². The van der Waals surface area contributed by atoms with Gasteiger partial charge in [-0.2, -0.15) is 9.41 Å². The molecule has 3 aromatic rings. The molecule has 0 fully saturated rings. The van der Waals surface area contributed by atoms with Crippen molar-refractivity contribution in [2.45, 2.75) is 11.3 Å². The molecule has 1 N–H and O–H groups in total. The first-order valence-corrected chi connectivity index (χ1v) is 12.5. The highest BCUT2D eigenvalue weighted by molar-refractivity contribution is 7.89. The summed E-state index contributed by atoms with van der Waals surface area (Å²) in [5.74, 6) is -0.0816. The van der Waals surface area contributed by atoms with Crippen molar-refractivity contribution in [2.75, 3.05) is 27.3 Å². The zero-order valence-corrected chi connectivity index (χ0v) is 21.1. The molecule has 0 unspecified atom stereocenters. The zero-order valence-electron chi connectivity index (χ0n) is 20.2. The summed E-state index contributed by atoms with van der Waals surface area (Å²) in [7, 11) is -1.27. The molecule has 0 aromatic heterocycles. The number of methoxy groups -OCH3 is 2. The molecule has 11 nitrogen and oxygen atoms in total. The Morgan fingerprint density at radius 1 is 1.03 bits per heavy atom. The first kappa shape index (κ1) is 27.3. The second-order valence-electron chi connectivity index (χ2n) is 7.74. The molecule has 0 aliphatic rings. The number of benzene rings is 3. The van der Waals surface area contributed by atoms with Crippen molar-refractivity contribution in [3.05, 3.63) is 94.0 Å². The third-order valence-corrected chi connectivity index (χ3v) is 7.13.